The Morgan fingerprint density at radius 3 is 2.94 bits per heavy atom. The highest BCUT2D eigenvalue weighted by Gasteiger charge is 2.08. The molecule has 7 heteroatoms. The van der Waals surface area contributed by atoms with Crippen LogP contribution in [0, 0.1) is 19.9 Å². The summed E-state index contributed by atoms with van der Waals surface area (Å²) in [6.07, 6.45) is 1.81. The maximum atomic E-state index is 10.7. The monoisotopic (exact) mass is 375 g/mol. The SMILES string of the molecule is Cc1ccc([N+](=O)[O-])cc1NCc1ncc(I)s1. The van der Waals surface area contributed by atoms with Crippen LogP contribution in [0.25, 0.3) is 0 Å². The maximum Gasteiger partial charge on any atom is 0.271 e. The third-order valence-corrected chi connectivity index (χ3v) is 4.11. The van der Waals surface area contributed by atoms with Gasteiger partial charge < -0.3 is 5.32 Å². The Labute approximate surface area is 122 Å². The summed E-state index contributed by atoms with van der Waals surface area (Å²) in [5, 5.41) is 14.8. The van der Waals surface area contributed by atoms with Crippen LogP contribution in [0.1, 0.15) is 10.6 Å². The first-order valence-electron chi connectivity index (χ1n) is 5.15. The number of anilines is 1. The van der Waals surface area contributed by atoms with Crippen molar-refractivity contribution in [2.24, 2.45) is 0 Å². The minimum absolute atomic E-state index is 0.0943. The first kappa shape index (κ1) is 13.2. The third-order valence-electron chi connectivity index (χ3n) is 2.39. The smallest absolute Gasteiger partial charge is 0.271 e. The normalized spacial score (nSPS) is 10.3. The number of nitro groups is 1. The summed E-state index contributed by atoms with van der Waals surface area (Å²) in [5.74, 6) is 0. The quantitative estimate of drug-likeness (QED) is 0.504. The van der Waals surface area contributed by atoms with E-state index in [-0.39, 0.29) is 5.69 Å². The highest BCUT2D eigenvalue weighted by Crippen LogP contribution is 2.23. The summed E-state index contributed by atoms with van der Waals surface area (Å²) < 4.78 is 1.13. The Balaban J connectivity index is 2.13. The van der Waals surface area contributed by atoms with Gasteiger partial charge in [-0.2, -0.15) is 0 Å². The lowest BCUT2D eigenvalue weighted by Crippen LogP contribution is -2.01. The van der Waals surface area contributed by atoms with Gasteiger partial charge >= 0.3 is 0 Å². The number of hydrogen-bond acceptors (Lipinski definition) is 5. The van der Waals surface area contributed by atoms with Crippen LogP contribution in [0.4, 0.5) is 11.4 Å². The van der Waals surface area contributed by atoms with Gasteiger partial charge in [0.15, 0.2) is 0 Å². The van der Waals surface area contributed by atoms with Gasteiger partial charge in [-0.1, -0.05) is 6.07 Å². The van der Waals surface area contributed by atoms with Crippen LogP contribution in [0.2, 0.25) is 0 Å². The number of nitrogens with one attached hydrogen (secondary N) is 1. The van der Waals surface area contributed by atoms with Gasteiger partial charge in [-0.05, 0) is 35.1 Å². The summed E-state index contributed by atoms with van der Waals surface area (Å²) >= 11 is 3.82. The highest BCUT2D eigenvalue weighted by molar-refractivity contribution is 14.1. The van der Waals surface area contributed by atoms with Gasteiger partial charge in [-0.15, -0.1) is 11.3 Å². The van der Waals surface area contributed by atoms with Crippen LogP contribution >= 0.6 is 33.9 Å². The number of rotatable bonds is 4. The molecule has 0 aliphatic carbocycles. The number of non-ortho nitro benzene ring substituents is 1. The summed E-state index contributed by atoms with van der Waals surface area (Å²) in [6, 6.07) is 4.80. The van der Waals surface area contributed by atoms with Crippen LogP contribution in [-0.4, -0.2) is 9.91 Å². The lowest BCUT2D eigenvalue weighted by Gasteiger charge is -2.07. The number of aryl methyl sites for hydroxylation is 1. The fraction of sp³-hybridized carbons (Fsp3) is 0.182. The molecule has 2 rings (SSSR count). The van der Waals surface area contributed by atoms with E-state index in [4.69, 9.17) is 0 Å². The third kappa shape index (κ3) is 3.16. The average Bonchev–Trinajstić information content (AvgIpc) is 2.74. The zero-order chi connectivity index (χ0) is 13.1. The van der Waals surface area contributed by atoms with Gasteiger partial charge in [0.2, 0.25) is 0 Å². The summed E-state index contributed by atoms with van der Waals surface area (Å²) in [6.45, 7) is 2.49. The Kier molecular flexibility index (Phi) is 4.12. The topological polar surface area (TPSA) is 68.1 Å². The molecule has 0 aliphatic heterocycles. The Hall–Kier alpha value is -1.22. The van der Waals surface area contributed by atoms with Crippen LogP contribution in [0.3, 0.4) is 0 Å². The van der Waals surface area contributed by atoms with Gasteiger partial charge in [0.25, 0.3) is 5.69 Å². The Morgan fingerprint density at radius 2 is 2.33 bits per heavy atom. The highest BCUT2D eigenvalue weighted by atomic mass is 127. The number of nitro benzene ring substituents is 1. The maximum absolute atomic E-state index is 10.7. The van der Waals surface area contributed by atoms with Gasteiger partial charge in [-0.25, -0.2) is 4.98 Å². The van der Waals surface area contributed by atoms with E-state index in [9.17, 15) is 10.1 Å². The lowest BCUT2D eigenvalue weighted by atomic mass is 10.2. The number of thiazole rings is 1. The van der Waals surface area contributed by atoms with Gasteiger partial charge in [0, 0.05) is 17.8 Å². The van der Waals surface area contributed by atoms with E-state index in [2.05, 4.69) is 32.9 Å². The molecular formula is C11H10IN3O2S. The molecular weight excluding hydrogens is 365 g/mol. The second kappa shape index (κ2) is 5.61. The fourth-order valence-corrected chi connectivity index (χ4v) is 2.94. The molecule has 0 saturated heterocycles. The van der Waals surface area contributed by atoms with E-state index < -0.39 is 4.92 Å². The molecule has 2 aromatic rings. The van der Waals surface area contributed by atoms with Crippen molar-refractivity contribution in [3.8, 4) is 0 Å². The summed E-state index contributed by atoms with van der Waals surface area (Å²) in [4.78, 5) is 14.5. The van der Waals surface area contributed by atoms with Crippen molar-refractivity contribution < 1.29 is 4.92 Å². The molecule has 0 radical (unpaired) electrons. The molecule has 0 bridgehead atoms. The van der Waals surface area contributed by atoms with Gasteiger partial charge in [-0.3, -0.25) is 10.1 Å². The van der Waals surface area contributed by atoms with E-state index in [1.807, 2.05) is 13.1 Å². The zero-order valence-corrected chi connectivity index (χ0v) is 12.5. The van der Waals surface area contributed by atoms with Crippen LogP contribution in [0.5, 0.6) is 0 Å². The second-order valence-electron chi connectivity index (χ2n) is 3.67. The van der Waals surface area contributed by atoms with E-state index in [1.165, 1.54) is 6.07 Å². The molecule has 0 unspecified atom stereocenters. The van der Waals surface area contributed by atoms with Crippen molar-refractivity contribution in [1.29, 1.82) is 0 Å². The van der Waals surface area contributed by atoms with E-state index >= 15 is 0 Å². The van der Waals surface area contributed by atoms with E-state index in [0.29, 0.717) is 6.54 Å². The molecule has 94 valence electrons. The minimum Gasteiger partial charge on any atom is -0.378 e. The van der Waals surface area contributed by atoms with Crippen molar-refractivity contribution in [2.45, 2.75) is 13.5 Å². The predicted molar refractivity (Wildman–Crippen MR) is 80.0 cm³/mol. The van der Waals surface area contributed by atoms with Crippen molar-refractivity contribution in [3.63, 3.8) is 0 Å². The summed E-state index contributed by atoms with van der Waals surface area (Å²) in [5.41, 5.74) is 1.85. The lowest BCUT2D eigenvalue weighted by molar-refractivity contribution is -0.384. The first-order chi connectivity index (χ1) is 8.56. The largest absolute Gasteiger partial charge is 0.378 e. The van der Waals surface area contributed by atoms with Crippen LogP contribution < -0.4 is 5.32 Å². The molecule has 1 aromatic heterocycles. The molecule has 1 aromatic carbocycles. The molecule has 0 amide bonds. The molecule has 18 heavy (non-hydrogen) atoms. The van der Waals surface area contributed by atoms with E-state index in [1.54, 1.807) is 23.5 Å². The molecule has 0 aliphatic rings. The number of hydrogen-bond donors (Lipinski definition) is 1. The van der Waals surface area contributed by atoms with Gasteiger partial charge in [0.1, 0.15) is 5.01 Å². The molecule has 0 spiro atoms. The standard InChI is InChI=1S/C11H10IN3O2S/c1-7-2-3-8(15(16)17)4-9(7)13-6-11-14-5-10(12)18-11/h2-5,13H,6H2,1H3. The van der Waals surface area contributed by atoms with E-state index in [0.717, 1.165) is 19.1 Å². The molecule has 0 saturated carbocycles. The molecule has 1 heterocycles. The van der Waals surface area contributed by atoms with Crippen molar-refractivity contribution in [1.82, 2.24) is 4.98 Å². The van der Waals surface area contributed by atoms with Gasteiger partial charge in [0.05, 0.1) is 20.5 Å². The second-order valence-corrected chi connectivity index (χ2v) is 6.68. The van der Waals surface area contributed by atoms with Crippen LogP contribution in [0.15, 0.2) is 24.4 Å². The fourth-order valence-electron chi connectivity index (χ4n) is 1.45. The molecule has 1 N–H and O–H groups in total. The number of nitrogens with zero attached hydrogens (tertiary/aromatic N) is 2. The molecule has 0 atom stereocenters. The molecule has 0 fully saturated rings. The zero-order valence-electron chi connectivity index (χ0n) is 9.51. The summed E-state index contributed by atoms with van der Waals surface area (Å²) in [7, 11) is 0. The first-order valence-corrected chi connectivity index (χ1v) is 7.05. The number of benzene rings is 1. The Bertz CT molecular complexity index is 585. The van der Waals surface area contributed by atoms with Crippen molar-refractivity contribution >= 4 is 45.3 Å². The average molecular weight is 375 g/mol. The molecule has 5 nitrogen and oxygen atoms in total. The predicted octanol–water partition coefficient (Wildman–Crippen LogP) is 3.58. The van der Waals surface area contributed by atoms with Crippen LogP contribution in [-0.2, 0) is 6.54 Å². The minimum atomic E-state index is -0.392. The number of halogens is 1. The Morgan fingerprint density at radius 1 is 1.56 bits per heavy atom. The van der Waals surface area contributed by atoms with Crippen molar-refractivity contribution in [2.75, 3.05) is 5.32 Å². The number of aromatic nitrogens is 1. The van der Waals surface area contributed by atoms with Crippen molar-refractivity contribution in [3.05, 3.63) is 48.0 Å².